The number of carbonyl (C=O) groups excluding carboxylic acids is 1. The molecule has 1 amide bonds. The molecule has 0 N–H and O–H groups in total. The van der Waals surface area contributed by atoms with E-state index >= 15 is 0 Å². The number of ether oxygens (including phenoxy) is 2. The topological polar surface area (TPSA) is 51.1 Å². The van der Waals surface area contributed by atoms with E-state index in [1.54, 1.807) is 14.2 Å². The maximum Gasteiger partial charge on any atom is 0.240 e. The third-order valence-electron chi connectivity index (χ3n) is 4.15. The highest BCUT2D eigenvalue weighted by Gasteiger charge is 2.33. The first-order chi connectivity index (χ1) is 11.6. The molecule has 3 rings (SSSR count). The molecule has 1 atom stereocenters. The van der Waals surface area contributed by atoms with Crippen molar-refractivity contribution in [2.45, 2.75) is 19.4 Å². The van der Waals surface area contributed by atoms with Gasteiger partial charge in [0.1, 0.15) is 11.5 Å². The van der Waals surface area contributed by atoms with E-state index in [0.717, 1.165) is 28.3 Å². The van der Waals surface area contributed by atoms with Gasteiger partial charge in [-0.1, -0.05) is 18.2 Å². The van der Waals surface area contributed by atoms with E-state index in [4.69, 9.17) is 9.47 Å². The number of nitrogens with zero attached hydrogens (tertiary/aromatic N) is 2. The molecular formula is C19H20N2O3. The molecule has 0 fully saturated rings. The standard InChI is InChI=1S/C19H20N2O3/c1-13(22)21-18(16-6-4-5-7-19(16)24-3)12-17(20-21)14-8-10-15(23-2)11-9-14/h4-11,18H,12H2,1-3H3/t18-/m0/s1. The van der Waals surface area contributed by atoms with Crippen LogP contribution in [0.4, 0.5) is 0 Å². The lowest BCUT2D eigenvalue weighted by atomic mass is 9.97. The maximum atomic E-state index is 12.1. The van der Waals surface area contributed by atoms with Crippen molar-refractivity contribution in [1.82, 2.24) is 5.01 Å². The molecule has 0 spiro atoms. The molecule has 2 aromatic carbocycles. The zero-order valence-electron chi connectivity index (χ0n) is 14.0. The van der Waals surface area contributed by atoms with E-state index in [1.807, 2.05) is 48.5 Å². The molecule has 5 nitrogen and oxygen atoms in total. The molecule has 0 aromatic heterocycles. The number of para-hydroxylation sites is 1. The van der Waals surface area contributed by atoms with Gasteiger partial charge < -0.3 is 9.47 Å². The van der Waals surface area contributed by atoms with Gasteiger partial charge in [0, 0.05) is 18.9 Å². The normalized spacial score (nSPS) is 16.7. The van der Waals surface area contributed by atoms with Crippen LogP contribution in [0.2, 0.25) is 0 Å². The number of methoxy groups -OCH3 is 2. The first kappa shape index (κ1) is 16.1. The summed E-state index contributed by atoms with van der Waals surface area (Å²) >= 11 is 0. The van der Waals surface area contributed by atoms with Crippen LogP contribution in [-0.4, -0.2) is 30.8 Å². The van der Waals surface area contributed by atoms with Gasteiger partial charge >= 0.3 is 0 Å². The van der Waals surface area contributed by atoms with Gasteiger partial charge in [-0.3, -0.25) is 4.79 Å². The SMILES string of the molecule is COc1ccc(C2=NN(C(C)=O)[C@H](c3ccccc3OC)C2)cc1. The number of carbonyl (C=O) groups is 1. The summed E-state index contributed by atoms with van der Waals surface area (Å²) in [6.07, 6.45) is 0.645. The van der Waals surface area contributed by atoms with Crippen LogP contribution >= 0.6 is 0 Å². The van der Waals surface area contributed by atoms with Crippen molar-refractivity contribution in [2.75, 3.05) is 14.2 Å². The van der Waals surface area contributed by atoms with Gasteiger partial charge in [-0.05, 0) is 35.9 Å². The molecule has 0 unspecified atom stereocenters. The van der Waals surface area contributed by atoms with Crippen LogP contribution < -0.4 is 9.47 Å². The highest BCUT2D eigenvalue weighted by Crippen LogP contribution is 2.37. The van der Waals surface area contributed by atoms with Crippen molar-refractivity contribution >= 4 is 11.6 Å². The number of benzene rings is 2. The Balaban J connectivity index is 1.94. The van der Waals surface area contributed by atoms with Gasteiger partial charge in [-0.25, -0.2) is 5.01 Å². The first-order valence-electron chi connectivity index (χ1n) is 7.78. The minimum atomic E-state index is -0.157. The van der Waals surface area contributed by atoms with E-state index in [2.05, 4.69) is 5.10 Å². The molecule has 0 bridgehead atoms. The molecule has 2 aromatic rings. The highest BCUT2D eigenvalue weighted by molar-refractivity contribution is 6.03. The minimum absolute atomic E-state index is 0.0885. The lowest BCUT2D eigenvalue weighted by Gasteiger charge is -2.22. The Hall–Kier alpha value is -2.82. The Labute approximate surface area is 141 Å². The van der Waals surface area contributed by atoms with Crippen LogP contribution in [0.15, 0.2) is 53.6 Å². The van der Waals surface area contributed by atoms with Crippen molar-refractivity contribution in [3.63, 3.8) is 0 Å². The third-order valence-corrected chi connectivity index (χ3v) is 4.15. The van der Waals surface area contributed by atoms with Gasteiger partial charge in [0.25, 0.3) is 0 Å². The molecule has 0 saturated heterocycles. The van der Waals surface area contributed by atoms with Crippen molar-refractivity contribution < 1.29 is 14.3 Å². The van der Waals surface area contributed by atoms with E-state index in [9.17, 15) is 4.79 Å². The fraction of sp³-hybridized carbons (Fsp3) is 0.263. The highest BCUT2D eigenvalue weighted by atomic mass is 16.5. The van der Waals surface area contributed by atoms with Crippen molar-refractivity contribution in [1.29, 1.82) is 0 Å². The summed E-state index contributed by atoms with van der Waals surface area (Å²) in [5.41, 5.74) is 2.82. The number of hydrogen-bond acceptors (Lipinski definition) is 4. The van der Waals surface area contributed by atoms with Crippen LogP contribution in [-0.2, 0) is 4.79 Å². The fourth-order valence-corrected chi connectivity index (χ4v) is 2.94. The zero-order chi connectivity index (χ0) is 17.1. The molecule has 5 heteroatoms. The number of amides is 1. The van der Waals surface area contributed by atoms with Gasteiger partial charge in [0.05, 0.1) is 26.0 Å². The van der Waals surface area contributed by atoms with Crippen molar-refractivity contribution in [3.05, 3.63) is 59.7 Å². The van der Waals surface area contributed by atoms with Gasteiger partial charge in [-0.2, -0.15) is 5.10 Å². The minimum Gasteiger partial charge on any atom is -0.497 e. The predicted octanol–water partition coefficient (Wildman–Crippen LogP) is 3.40. The lowest BCUT2D eigenvalue weighted by Crippen LogP contribution is -2.24. The number of hydrogen-bond donors (Lipinski definition) is 0. The van der Waals surface area contributed by atoms with E-state index in [-0.39, 0.29) is 11.9 Å². The summed E-state index contributed by atoms with van der Waals surface area (Å²) in [4.78, 5) is 12.1. The third kappa shape index (κ3) is 2.97. The van der Waals surface area contributed by atoms with E-state index < -0.39 is 0 Å². The second-order valence-corrected chi connectivity index (χ2v) is 5.60. The van der Waals surface area contributed by atoms with Gasteiger partial charge in [0.15, 0.2) is 0 Å². The molecule has 24 heavy (non-hydrogen) atoms. The van der Waals surface area contributed by atoms with Crippen LogP contribution in [0.1, 0.15) is 30.5 Å². The summed E-state index contributed by atoms with van der Waals surface area (Å²) in [6.45, 7) is 1.53. The Bertz CT molecular complexity index is 768. The molecule has 0 radical (unpaired) electrons. The van der Waals surface area contributed by atoms with Gasteiger partial charge in [0.2, 0.25) is 5.91 Å². The van der Waals surface area contributed by atoms with E-state index in [0.29, 0.717) is 6.42 Å². The number of hydrazone groups is 1. The van der Waals surface area contributed by atoms with Crippen molar-refractivity contribution in [3.8, 4) is 11.5 Å². The Morgan fingerprint density at radius 1 is 1.08 bits per heavy atom. The largest absolute Gasteiger partial charge is 0.497 e. The summed E-state index contributed by atoms with van der Waals surface area (Å²) < 4.78 is 10.6. The van der Waals surface area contributed by atoms with E-state index in [1.165, 1.54) is 11.9 Å². The van der Waals surface area contributed by atoms with Crippen LogP contribution in [0.3, 0.4) is 0 Å². The van der Waals surface area contributed by atoms with Crippen molar-refractivity contribution in [2.24, 2.45) is 5.10 Å². The summed E-state index contributed by atoms with van der Waals surface area (Å²) in [5, 5.41) is 6.09. The predicted molar refractivity (Wildman–Crippen MR) is 92.4 cm³/mol. The molecule has 1 aliphatic rings. The van der Waals surface area contributed by atoms with Crippen LogP contribution in [0.25, 0.3) is 0 Å². The summed E-state index contributed by atoms with van der Waals surface area (Å²) in [7, 11) is 3.27. The molecular weight excluding hydrogens is 304 g/mol. The second kappa shape index (κ2) is 6.74. The smallest absolute Gasteiger partial charge is 0.240 e. The summed E-state index contributed by atoms with van der Waals surface area (Å²) in [5.74, 6) is 1.47. The average Bonchev–Trinajstić information content (AvgIpc) is 3.07. The molecule has 124 valence electrons. The maximum absolute atomic E-state index is 12.1. The van der Waals surface area contributed by atoms with Crippen LogP contribution in [0.5, 0.6) is 11.5 Å². The molecule has 1 aliphatic heterocycles. The average molecular weight is 324 g/mol. The van der Waals surface area contributed by atoms with Crippen LogP contribution in [0, 0.1) is 0 Å². The quantitative estimate of drug-likeness (QED) is 0.866. The lowest BCUT2D eigenvalue weighted by molar-refractivity contribution is -0.130. The monoisotopic (exact) mass is 324 g/mol. The molecule has 0 aliphatic carbocycles. The second-order valence-electron chi connectivity index (χ2n) is 5.60. The zero-order valence-corrected chi connectivity index (χ0v) is 14.0. The fourth-order valence-electron chi connectivity index (χ4n) is 2.94. The molecule has 0 saturated carbocycles. The Morgan fingerprint density at radius 3 is 2.42 bits per heavy atom. The summed E-state index contributed by atoms with van der Waals surface area (Å²) in [6, 6.07) is 15.3. The van der Waals surface area contributed by atoms with Gasteiger partial charge in [-0.15, -0.1) is 0 Å². The Morgan fingerprint density at radius 2 is 1.79 bits per heavy atom. The number of rotatable bonds is 4. The Kier molecular flexibility index (Phi) is 4.51. The molecule has 1 heterocycles. The first-order valence-corrected chi connectivity index (χ1v) is 7.78.